The molecule has 3 aliphatic rings. The first kappa shape index (κ1) is 13.5. The van der Waals surface area contributed by atoms with Crippen LogP contribution in [0.15, 0.2) is 0 Å². The van der Waals surface area contributed by atoms with Gasteiger partial charge in [-0.2, -0.15) is 0 Å². The fourth-order valence-corrected chi connectivity index (χ4v) is 4.47. The van der Waals surface area contributed by atoms with Crippen LogP contribution in [0.1, 0.15) is 25.7 Å². The lowest BCUT2D eigenvalue weighted by atomic mass is 9.93. The van der Waals surface area contributed by atoms with Gasteiger partial charge in [-0.1, -0.05) is 0 Å². The molecule has 98 valence electrons. The highest BCUT2D eigenvalue weighted by Gasteiger charge is 2.36. The molecule has 3 nitrogen and oxygen atoms in total. The van der Waals surface area contributed by atoms with Crippen LogP contribution in [0.3, 0.4) is 0 Å². The molecule has 3 saturated heterocycles. The minimum Gasteiger partial charge on any atom is -0.341 e. The summed E-state index contributed by atoms with van der Waals surface area (Å²) >= 11 is 1.86. The predicted octanol–water partition coefficient (Wildman–Crippen LogP) is 1.51. The zero-order valence-corrected chi connectivity index (χ0v) is 11.7. The zero-order chi connectivity index (χ0) is 11.0. The van der Waals surface area contributed by atoms with E-state index in [1.54, 1.807) is 0 Å². The Kier molecular flexibility index (Phi) is 4.61. The van der Waals surface area contributed by atoms with Crippen LogP contribution in [0.25, 0.3) is 0 Å². The summed E-state index contributed by atoms with van der Waals surface area (Å²) in [5.74, 6) is 2.33. The van der Waals surface area contributed by atoms with Crippen molar-refractivity contribution in [3.8, 4) is 0 Å². The van der Waals surface area contributed by atoms with E-state index >= 15 is 0 Å². The number of halogens is 1. The SMILES string of the molecule is Cl.O=C(C1CCCS1)N1CCC2NCCC2C1. The largest absolute Gasteiger partial charge is 0.341 e. The first-order valence-corrected chi connectivity index (χ1v) is 7.53. The minimum absolute atomic E-state index is 0. The van der Waals surface area contributed by atoms with E-state index in [0.717, 1.165) is 38.4 Å². The monoisotopic (exact) mass is 276 g/mol. The fraction of sp³-hybridized carbons (Fsp3) is 0.917. The average Bonchev–Trinajstić information content (AvgIpc) is 2.98. The van der Waals surface area contributed by atoms with Crippen LogP contribution < -0.4 is 5.32 Å². The highest BCUT2D eigenvalue weighted by Crippen LogP contribution is 2.30. The molecule has 0 aromatic heterocycles. The molecule has 3 atom stereocenters. The fourth-order valence-electron chi connectivity index (χ4n) is 3.22. The van der Waals surface area contributed by atoms with Crippen molar-refractivity contribution in [2.24, 2.45) is 5.92 Å². The van der Waals surface area contributed by atoms with Crippen LogP contribution in [0.2, 0.25) is 0 Å². The van der Waals surface area contributed by atoms with Crippen LogP contribution in [0.4, 0.5) is 0 Å². The molecule has 5 heteroatoms. The molecule has 3 rings (SSSR count). The van der Waals surface area contributed by atoms with Crippen molar-refractivity contribution in [3.05, 3.63) is 0 Å². The van der Waals surface area contributed by atoms with E-state index in [9.17, 15) is 4.79 Å². The molecule has 3 unspecified atom stereocenters. The van der Waals surface area contributed by atoms with E-state index in [2.05, 4.69) is 10.2 Å². The van der Waals surface area contributed by atoms with E-state index in [1.165, 1.54) is 18.6 Å². The molecule has 0 aliphatic carbocycles. The predicted molar refractivity (Wildman–Crippen MR) is 73.8 cm³/mol. The summed E-state index contributed by atoms with van der Waals surface area (Å²) in [6, 6.07) is 0.695. The highest BCUT2D eigenvalue weighted by atomic mass is 35.5. The van der Waals surface area contributed by atoms with Crippen molar-refractivity contribution in [1.82, 2.24) is 10.2 Å². The maximum absolute atomic E-state index is 12.3. The van der Waals surface area contributed by atoms with Gasteiger partial charge in [0.1, 0.15) is 0 Å². The molecular formula is C12H21ClN2OS. The van der Waals surface area contributed by atoms with Gasteiger partial charge in [-0.05, 0) is 43.9 Å². The van der Waals surface area contributed by atoms with Gasteiger partial charge in [0.15, 0.2) is 0 Å². The van der Waals surface area contributed by atoms with Crippen molar-refractivity contribution in [3.63, 3.8) is 0 Å². The van der Waals surface area contributed by atoms with Crippen LogP contribution >= 0.6 is 24.2 Å². The summed E-state index contributed by atoms with van der Waals surface area (Å²) in [4.78, 5) is 14.4. The molecule has 0 aromatic rings. The van der Waals surface area contributed by atoms with Crippen molar-refractivity contribution >= 4 is 30.1 Å². The Hall–Kier alpha value is 0.0700. The second-order valence-electron chi connectivity index (χ2n) is 5.18. The molecule has 3 aliphatic heterocycles. The van der Waals surface area contributed by atoms with Crippen LogP contribution in [-0.2, 0) is 4.79 Å². The number of hydrogen-bond acceptors (Lipinski definition) is 3. The van der Waals surface area contributed by atoms with Gasteiger partial charge in [0.2, 0.25) is 5.91 Å². The molecule has 1 N–H and O–H groups in total. The molecule has 0 radical (unpaired) electrons. The molecule has 17 heavy (non-hydrogen) atoms. The molecule has 0 spiro atoms. The molecule has 0 saturated carbocycles. The van der Waals surface area contributed by atoms with Crippen LogP contribution in [0, 0.1) is 5.92 Å². The van der Waals surface area contributed by atoms with Gasteiger partial charge in [-0.25, -0.2) is 0 Å². The van der Waals surface area contributed by atoms with Crippen molar-refractivity contribution in [2.75, 3.05) is 25.4 Å². The van der Waals surface area contributed by atoms with E-state index < -0.39 is 0 Å². The van der Waals surface area contributed by atoms with Gasteiger partial charge < -0.3 is 10.2 Å². The number of rotatable bonds is 1. The Labute approximate surface area is 113 Å². The molecule has 0 bridgehead atoms. The first-order chi connectivity index (χ1) is 7.84. The first-order valence-electron chi connectivity index (χ1n) is 6.48. The Morgan fingerprint density at radius 3 is 2.94 bits per heavy atom. The Bertz CT molecular complexity index is 284. The van der Waals surface area contributed by atoms with Gasteiger partial charge in [0.05, 0.1) is 5.25 Å². The van der Waals surface area contributed by atoms with Crippen LogP contribution in [-0.4, -0.2) is 47.5 Å². The summed E-state index contributed by atoms with van der Waals surface area (Å²) in [6.07, 6.45) is 4.74. The summed E-state index contributed by atoms with van der Waals surface area (Å²) in [6.45, 7) is 3.13. The lowest BCUT2D eigenvalue weighted by molar-refractivity contribution is -0.132. The second-order valence-corrected chi connectivity index (χ2v) is 6.49. The molecule has 0 aromatic carbocycles. The van der Waals surface area contributed by atoms with E-state index in [4.69, 9.17) is 0 Å². The summed E-state index contributed by atoms with van der Waals surface area (Å²) in [5.41, 5.74) is 0. The maximum atomic E-state index is 12.3. The molecule has 1 amide bonds. The maximum Gasteiger partial charge on any atom is 0.235 e. The number of amides is 1. The van der Waals surface area contributed by atoms with Crippen LogP contribution in [0.5, 0.6) is 0 Å². The third-order valence-electron chi connectivity index (χ3n) is 4.17. The zero-order valence-electron chi connectivity index (χ0n) is 10.1. The normalized spacial score (nSPS) is 36.5. The third-order valence-corrected chi connectivity index (χ3v) is 5.54. The number of hydrogen-bond donors (Lipinski definition) is 1. The van der Waals surface area contributed by atoms with Gasteiger partial charge >= 0.3 is 0 Å². The standard InChI is InChI=1S/C12H20N2OS.ClH/c15-12(11-2-1-7-16-11)14-6-4-10-9(8-14)3-5-13-10;/h9-11,13H,1-8H2;1H. The van der Waals surface area contributed by atoms with E-state index in [-0.39, 0.29) is 17.7 Å². The highest BCUT2D eigenvalue weighted by molar-refractivity contribution is 8.00. The second kappa shape index (κ2) is 5.81. The van der Waals surface area contributed by atoms with Crippen molar-refractivity contribution in [1.29, 1.82) is 0 Å². The number of nitrogens with one attached hydrogen (secondary N) is 1. The molecule has 3 heterocycles. The summed E-state index contributed by atoms with van der Waals surface area (Å²) in [5, 5.41) is 3.83. The topological polar surface area (TPSA) is 32.3 Å². The number of piperidine rings is 1. The smallest absolute Gasteiger partial charge is 0.235 e. The summed E-state index contributed by atoms with van der Waals surface area (Å²) < 4.78 is 0. The average molecular weight is 277 g/mol. The minimum atomic E-state index is 0. The molecular weight excluding hydrogens is 256 g/mol. The van der Waals surface area contributed by atoms with Gasteiger partial charge in [0, 0.05) is 19.1 Å². The molecule has 3 fully saturated rings. The number of carbonyl (C=O) groups is 1. The third kappa shape index (κ3) is 2.74. The number of nitrogens with zero attached hydrogens (tertiary/aromatic N) is 1. The number of thioether (sulfide) groups is 1. The number of carbonyl (C=O) groups excluding carboxylic acids is 1. The van der Waals surface area contributed by atoms with E-state index in [1.807, 2.05) is 11.8 Å². The number of likely N-dealkylation sites (tertiary alicyclic amines) is 1. The van der Waals surface area contributed by atoms with E-state index in [0.29, 0.717) is 11.9 Å². The Balaban J connectivity index is 0.00000108. The quantitative estimate of drug-likeness (QED) is 0.788. The van der Waals surface area contributed by atoms with Gasteiger partial charge in [-0.3, -0.25) is 4.79 Å². The lowest BCUT2D eigenvalue weighted by Gasteiger charge is -2.36. The number of fused-ring (bicyclic) bond motifs is 1. The van der Waals surface area contributed by atoms with Crippen molar-refractivity contribution < 1.29 is 4.79 Å². The lowest BCUT2D eigenvalue weighted by Crippen LogP contribution is -2.49. The van der Waals surface area contributed by atoms with Gasteiger partial charge in [0.25, 0.3) is 0 Å². The Morgan fingerprint density at radius 1 is 1.29 bits per heavy atom. The summed E-state index contributed by atoms with van der Waals surface area (Å²) in [7, 11) is 0. The Morgan fingerprint density at radius 2 is 2.18 bits per heavy atom. The van der Waals surface area contributed by atoms with Gasteiger partial charge in [-0.15, -0.1) is 24.2 Å². The van der Waals surface area contributed by atoms with Crippen molar-refractivity contribution in [2.45, 2.75) is 37.0 Å².